The number of nitrogens with zero attached hydrogens (tertiary/aromatic N) is 4. The lowest BCUT2D eigenvalue weighted by Gasteiger charge is -2.08. The number of carbonyl (C=O) groups is 1. The number of halogens is 1. The van der Waals surface area contributed by atoms with Gasteiger partial charge in [-0.25, -0.2) is 4.39 Å². The zero-order valence-corrected chi connectivity index (χ0v) is 16.7. The van der Waals surface area contributed by atoms with Crippen molar-refractivity contribution in [2.45, 2.75) is 40.3 Å². The molecule has 0 radical (unpaired) electrons. The zero-order valence-electron chi connectivity index (χ0n) is 15.9. The molecule has 2 aromatic heterocycles. The quantitative estimate of drug-likeness (QED) is 0.603. The molecule has 1 aromatic carbocycles. The minimum atomic E-state index is -0.360. The monoisotopic (exact) mass is 390 g/mol. The second-order valence-electron chi connectivity index (χ2n) is 6.47. The van der Waals surface area contributed by atoms with Crippen molar-refractivity contribution in [2.75, 3.05) is 13.2 Å². The number of ether oxygens (including phenoxy) is 1. The van der Waals surface area contributed by atoms with Gasteiger partial charge >= 0.3 is 0 Å². The summed E-state index contributed by atoms with van der Waals surface area (Å²) < 4.78 is 23.4. The lowest BCUT2D eigenvalue weighted by atomic mass is 10.3. The van der Waals surface area contributed by atoms with Gasteiger partial charge in [0.2, 0.25) is 0 Å². The van der Waals surface area contributed by atoms with E-state index in [4.69, 9.17) is 4.74 Å². The number of carbonyl (C=O) groups excluding carboxylic acids is 1. The Kier molecular flexibility index (Phi) is 5.86. The minimum Gasteiger partial charge on any atom is -0.380 e. The van der Waals surface area contributed by atoms with Crippen LogP contribution in [0.1, 0.15) is 43.0 Å². The smallest absolute Gasteiger partial charge is 0.297 e. The summed E-state index contributed by atoms with van der Waals surface area (Å²) in [5.41, 5.74) is 2.05. The maximum Gasteiger partial charge on any atom is 0.297 e. The molecular weight excluding hydrogens is 367 g/mol. The molecule has 0 aliphatic heterocycles. The van der Waals surface area contributed by atoms with Gasteiger partial charge in [0.25, 0.3) is 5.91 Å². The first kappa shape index (κ1) is 19.4. The van der Waals surface area contributed by atoms with Crippen molar-refractivity contribution >= 4 is 27.5 Å². The van der Waals surface area contributed by atoms with Crippen LogP contribution in [0.2, 0.25) is 0 Å². The van der Waals surface area contributed by atoms with Gasteiger partial charge < -0.3 is 9.30 Å². The number of aryl methyl sites for hydroxylation is 1. The van der Waals surface area contributed by atoms with Gasteiger partial charge in [0.1, 0.15) is 11.5 Å². The lowest BCUT2D eigenvalue weighted by molar-refractivity contribution is 0.0984. The highest BCUT2D eigenvalue weighted by atomic mass is 32.1. The normalized spacial score (nSPS) is 12.4. The number of rotatable bonds is 6. The van der Waals surface area contributed by atoms with Gasteiger partial charge in [-0.05, 0) is 52.0 Å². The molecule has 0 aliphatic rings. The van der Waals surface area contributed by atoms with E-state index in [9.17, 15) is 9.18 Å². The van der Waals surface area contributed by atoms with Crippen LogP contribution in [0.4, 0.5) is 4.39 Å². The molecule has 3 rings (SSSR count). The van der Waals surface area contributed by atoms with E-state index in [1.807, 2.05) is 32.3 Å². The largest absolute Gasteiger partial charge is 0.380 e. The van der Waals surface area contributed by atoms with Crippen molar-refractivity contribution in [2.24, 2.45) is 4.99 Å². The van der Waals surface area contributed by atoms with Crippen LogP contribution in [0.3, 0.4) is 0 Å². The third-order valence-corrected chi connectivity index (χ3v) is 5.11. The summed E-state index contributed by atoms with van der Waals surface area (Å²) >= 11 is 1.29. The molecule has 0 aliphatic carbocycles. The van der Waals surface area contributed by atoms with Crippen molar-refractivity contribution in [3.8, 4) is 0 Å². The number of amides is 1. The molecule has 1 amide bonds. The Morgan fingerprint density at radius 3 is 2.85 bits per heavy atom. The molecule has 0 fully saturated rings. The Bertz CT molecular complexity index is 1030. The maximum absolute atomic E-state index is 13.6. The number of aromatic nitrogens is 3. The van der Waals surface area contributed by atoms with E-state index >= 15 is 0 Å². The molecule has 3 aromatic rings. The highest BCUT2D eigenvalue weighted by Gasteiger charge is 2.16. The molecule has 0 bridgehead atoms. The van der Waals surface area contributed by atoms with Crippen LogP contribution in [0, 0.1) is 12.7 Å². The van der Waals surface area contributed by atoms with Gasteiger partial charge in [0.05, 0.1) is 22.5 Å². The molecule has 2 heterocycles. The molecule has 0 unspecified atom stereocenters. The summed E-state index contributed by atoms with van der Waals surface area (Å²) in [7, 11) is 0. The second-order valence-corrected chi connectivity index (χ2v) is 7.48. The van der Waals surface area contributed by atoms with Crippen molar-refractivity contribution < 1.29 is 13.9 Å². The zero-order chi connectivity index (χ0) is 19.6. The van der Waals surface area contributed by atoms with E-state index in [1.54, 1.807) is 16.8 Å². The van der Waals surface area contributed by atoms with Gasteiger partial charge in [-0.3, -0.25) is 9.48 Å². The fourth-order valence-electron chi connectivity index (χ4n) is 2.86. The Labute approximate surface area is 160 Å². The Morgan fingerprint density at radius 2 is 2.15 bits per heavy atom. The molecule has 0 N–H and O–H groups in total. The van der Waals surface area contributed by atoms with Crippen LogP contribution in [-0.4, -0.2) is 33.5 Å². The molecule has 144 valence electrons. The molecule has 6 nitrogen and oxygen atoms in total. The molecule has 8 heteroatoms. The first-order valence-electron chi connectivity index (χ1n) is 8.92. The predicted octanol–water partition coefficient (Wildman–Crippen LogP) is 3.71. The van der Waals surface area contributed by atoms with E-state index in [0.29, 0.717) is 30.3 Å². The molecular formula is C19H23FN4O2S. The summed E-state index contributed by atoms with van der Waals surface area (Å²) in [6.45, 7) is 9.34. The van der Waals surface area contributed by atoms with Crippen LogP contribution in [-0.2, 0) is 11.3 Å². The third kappa shape index (κ3) is 4.17. The number of hydrogen-bond acceptors (Lipinski definition) is 4. The Balaban J connectivity index is 2.09. The van der Waals surface area contributed by atoms with E-state index in [2.05, 4.69) is 10.1 Å². The Morgan fingerprint density at radius 1 is 1.37 bits per heavy atom. The number of thiazole rings is 1. The number of fused-ring (bicyclic) bond motifs is 1. The summed E-state index contributed by atoms with van der Waals surface area (Å²) in [5.74, 6) is -0.673. The Hall–Kier alpha value is -2.32. The van der Waals surface area contributed by atoms with Crippen LogP contribution < -0.4 is 4.80 Å². The molecule has 27 heavy (non-hydrogen) atoms. The second kappa shape index (κ2) is 8.14. The first-order valence-corrected chi connectivity index (χ1v) is 9.74. The van der Waals surface area contributed by atoms with Crippen LogP contribution in [0.15, 0.2) is 29.3 Å². The maximum atomic E-state index is 13.6. The van der Waals surface area contributed by atoms with Gasteiger partial charge in [-0.2, -0.15) is 10.1 Å². The van der Waals surface area contributed by atoms with Crippen LogP contribution >= 0.6 is 11.3 Å². The van der Waals surface area contributed by atoms with Crippen molar-refractivity contribution in [1.29, 1.82) is 0 Å². The van der Waals surface area contributed by atoms with Gasteiger partial charge in [0, 0.05) is 19.2 Å². The van der Waals surface area contributed by atoms with Gasteiger partial charge in [0.15, 0.2) is 4.80 Å². The highest BCUT2D eigenvalue weighted by Crippen LogP contribution is 2.19. The van der Waals surface area contributed by atoms with Crippen molar-refractivity contribution in [3.63, 3.8) is 0 Å². The summed E-state index contributed by atoms with van der Waals surface area (Å²) in [4.78, 5) is 17.7. The van der Waals surface area contributed by atoms with Crippen LogP contribution in [0.5, 0.6) is 0 Å². The first-order chi connectivity index (χ1) is 12.9. The molecule has 0 spiro atoms. The summed E-state index contributed by atoms with van der Waals surface area (Å²) in [6.07, 6.45) is 0. The third-order valence-electron chi connectivity index (χ3n) is 4.07. The van der Waals surface area contributed by atoms with E-state index in [-0.39, 0.29) is 17.8 Å². The topological polar surface area (TPSA) is 61.4 Å². The SMILES string of the molecule is CCOCCn1c(=NC(=O)c2cc(C)nn2C(C)C)sc2cc(F)ccc21. The van der Waals surface area contributed by atoms with E-state index in [0.717, 1.165) is 15.9 Å². The lowest BCUT2D eigenvalue weighted by Crippen LogP contribution is -2.21. The molecule has 0 saturated heterocycles. The van der Waals surface area contributed by atoms with Crippen molar-refractivity contribution in [3.05, 3.63) is 46.3 Å². The number of hydrogen-bond donors (Lipinski definition) is 0. The highest BCUT2D eigenvalue weighted by molar-refractivity contribution is 7.16. The fraction of sp³-hybridized carbons (Fsp3) is 0.421. The van der Waals surface area contributed by atoms with E-state index in [1.165, 1.54) is 23.5 Å². The average Bonchev–Trinajstić information content (AvgIpc) is 3.16. The standard InChI is InChI=1S/C19H23FN4O2S/c1-5-26-9-8-23-15-7-6-14(20)11-17(15)27-19(23)21-18(25)16-10-13(4)22-24(16)12(2)3/h6-7,10-12H,5,8-9H2,1-4H3. The van der Waals surface area contributed by atoms with E-state index < -0.39 is 0 Å². The van der Waals surface area contributed by atoms with Gasteiger partial charge in [-0.15, -0.1) is 0 Å². The summed E-state index contributed by atoms with van der Waals surface area (Å²) in [6, 6.07) is 6.37. The minimum absolute atomic E-state index is 0.0504. The van der Waals surface area contributed by atoms with Gasteiger partial charge in [-0.1, -0.05) is 11.3 Å². The fourth-order valence-corrected chi connectivity index (χ4v) is 3.94. The van der Waals surface area contributed by atoms with Crippen LogP contribution in [0.25, 0.3) is 10.2 Å². The molecule has 0 atom stereocenters. The summed E-state index contributed by atoms with van der Waals surface area (Å²) in [5, 5.41) is 4.37. The molecule has 0 saturated carbocycles. The predicted molar refractivity (Wildman–Crippen MR) is 104 cm³/mol. The average molecular weight is 390 g/mol. The van der Waals surface area contributed by atoms with Crippen molar-refractivity contribution in [1.82, 2.24) is 14.3 Å². The number of benzene rings is 1.